The summed E-state index contributed by atoms with van der Waals surface area (Å²) in [6.07, 6.45) is 3.00. The first-order chi connectivity index (χ1) is 13.4. The number of nitrogens with zero attached hydrogens (tertiary/aromatic N) is 2. The quantitative estimate of drug-likeness (QED) is 0.496. The topological polar surface area (TPSA) is 99.5 Å². The van der Waals surface area contributed by atoms with Gasteiger partial charge in [0.05, 0.1) is 5.69 Å². The van der Waals surface area contributed by atoms with Gasteiger partial charge in [-0.05, 0) is 30.7 Å². The van der Waals surface area contributed by atoms with E-state index >= 15 is 0 Å². The van der Waals surface area contributed by atoms with Crippen molar-refractivity contribution in [3.63, 3.8) is 0 Å². The minimum atomic E-state index is -1.16. The molecule has 1 unspecified atom stereocenters. The van der Waals surface area contributed by atoms with Gasteiger partial charge >= 0.3 is 5.97 Å². The van der Waals surface area contributed by atoms with E-state index in [1.165, 1.54) is 16.5 Å². The van der Waals surface area contributed by atoms with Crippen LogP contribution in [0.1, 0.15) is 21.7 Å². The van der Waals surface area contributed by atoms with Gasteiger partial charge in [0.15, 0.2) is 0 Å². The first-order valence-corrected chi connectivity index (χ1v) is 8.67. The van der Waals surface area contributed by atoms with Crippen LogP contribution in [0, 0.1) is 12.7 Å². The van der Waals surface area contributed by atoms with E-state index in [2.05, 4.69) is 15.3 Å². The lowest BCUT2D eigenvalue weighted by Crippen LogP contribution is -2.42. The number of aromatic nitrogens is 3. The van der Waals surface area contributed by atoms with Crippen LogP contribution in [0.3, 0.4) is 0 Å². The minimum absolute atomic E-state index is 0.106. The molecule has 0 aliphatic heterocycles. The smallest absolute Gasteiger partial charge is 0.326 e. The van der Waals surface area contributed by atoms with Crippen molar-refractivity contribution in [2.24, 2.45) is 0 Å². The van der Waals surface area contributed by atoms with E-state index in [1.807, 2.05) is 24.3 Å². The van der Waals surface area contributed by atoms with Crippen LogP contribution in [-0.4, -0.2) is 37.4 Å². The van der Waals surface area contributed by atoms with Gasteiger partial charge in [0.2, 0.25) is 0 Å². The van der Waals surface area contributed by atoms with E-state index in [9.17, 15) is 19.1 Å². The molecule has 3 heterocycles. The molecule has 0 radical (unpaired) electrons. The van der Waals surface area contributed by atoms with Crippen molar-refractivity contribution in [3.05, 3.63) is 71.6 Å². The lowest BCUT2D eigenvalue weighted by molar-refractivity contribution is -0.139. The molecular formula is C20H17FN4O3. The Morgan fingerprint density at radius 3 is 2.86 bits per heavy atom. The van der Waals surface area contributed by atoms with Crippen molar-refractivity contribution in [2.75, 3.05) is 0 Å². The monoisotopic (exact) mass is 380 g/mol. The zero-order chi connectivity index (χ0) is 19.8. The predicted molar refractivity (Wildman–Crippen MR) is 101 cm³/mol. The Hall–Kier alpha value is -3.68. The number of carbonyl (C=O) groups is 2. The third-order valence-electron chi connectivity index (χ3n) is 4.67. The van der Waals surface area contributed by atoms with Gasteiger partial charge in [0.1, 0.15) is 23.2 Å². The van der Waals surface area contributed by atoms with Crippen LogP contribution in [-0.2, 0) is 11.2 Å². The maximum Gasteiger partial charge on any atom is 0.326 e. The molecule has 28 heavy (non-hydrogen) atoms. The second kappa shape index (κ2) is 6.80. The minimum Gasteiger partial charge on any atom is -0.480 e. The van der Waals surface area contributed by atoms with Crippen molar-refractivity contribution >= 4 is 28.4 Å². The summed E-state index contributed by atoms with van der Waals surface area (Å²) >= 11 is 0. The maximum absolute atomic E-state index is 13.6. The number of hydrogen-bond acceptors (Lipinski definition) is 3. The number of halogens is 1. The number of H-pyrrole nitrogens is 1. The zero-order valence-electron chi connectivity index (χ0n) is 14.9. The fourth-order valence-corrected chi connectivity index (χ4v) is 3.36. The van der Waals surface area contributed by atoms with E-state index in [-0.39, 0.29) is 12.1 Å². The van der Waals surface area contributed by atoms with Crippen LogP contribution in [0.5, 0.6) is 0 Å². The number of para-hydroxylation sites is 1. The molecule has 0 saturated carbocycles. The molecule has 142 valence electrons. The fourth-order valence-electron chi connectivity index (χ4n) is 3.36. The van der Waals surface area contributed by atoms with Crippen LogP contribution in [0.25, 0.3) is 16.6 Å². The predicted octanol–water partition coefficient (Wildman–Crippen LogP) is 2.69. The van der Waals surface area contributed by atoms with Crippen LogP contribution in [0.2, 0.25) is 0 Å². The fraction of sp³-hybridized carbons (Fsp3) is 0.150. The summed E-state index contributed by atoms with van der Waals surface area (Å²) in [5, 5.41) is 13.0. The standard InChI is InChI=1S/C20H17FN4O3/c1-11-18(25-10-13(21)6-7-17(25)23-11)19(26)24-16(20(27)28)8-12-9-22-15-5-3-2-4-14(12)15/h2-7,9-10,16,22H,8H2,1H3,(H,24,26)(H,27,28). The molecule has 7 nitrogen and oxygen atoms in total. The molecule has 0 saturated heterocycles. The van der Waals surface area contributed by atoms with Crippen LogP contribution in [0.4, 0.5) is 4.39 Å². The van der Waals surface area contributed by atoms with Gasteiger partial charge in [0.25, 0.3) is 5.91 Å². The Bertz CT molecular complexity index is 1210. The number of pyridine rings is 1. The highest BCUT2D eigenvalue weighted by Crippen LogP contribution is 2.20. The number of fused-ring (bicyclic) bond motifs is 2. The molecule has 4 aromatic rings. The number of imidazole rings is 1. The number of carboxylic acid groups (broad SMARTS) is 1. The van der Waals surface area contributed by atoms with Gasteiger partial charge in [-0.1, -0.05) is 18.2 Å². The van der Waals surface area contributed by atoms with Crippen molar-refractivity contribution in [1.82, 2.24) is 19.7 Å². The van der Waals surface area contributed by atoms with Crippen molar-refractivity contribution in [2.45, 2.75) is 19.4 Å². The van der Waals surface area contributed by atoms with Crippen molar-refractivity contribution in [1.29, 1.82) is 0 Å². The van der Waals surface area contributed by atoms with E-state index in [0.717, 1.165) is 22.7 Å². The molecule has 1 aromatic carbocycles. The Balaban J connectivity index is 1.64. The molecule has 0 aliphatic rings. The van der Waals surface area contributed by atoms with Gasteiger partial charge in [-0.3, -0.25) is 9.20 Å². The number of aryl methyl sites for hydroxylation is 1. The van der Waals surface area contributed by atoms with E-state index in [1.54, 1.807) is 13.1 Å². The zero-order valence-corrected chi connectivity index (χ0v) is 14.9. The normalized spacial score (nSPS) is 12.4. The van der Waals surface area contributed by atoms with Gasteiger partial charge in [-0.2, -0.15) is 0 Å². The summed E-state index contributed by atoms with van der Waals surface area (Å²) in [6, 6.07) is 9.09. The van der Waals surface area contributed by atoms with Crippen molar-refractivity contribution in [3.8, 4) is 0 Å². The number of carboxylic acids is 1. The third-order valence-corrected chi connectivity index (χ3v) is 4.67. The summed E-state index contributed by atoms with van der Waals surface area (Å²) in [4.78, 5) is 31.9. The number of carbonyl (C=O) groups excluding carboxylic acids is 1. The Kier molecular flexibility index (Phi) is 4.31. The number of aromatic amines is 1. The van der Waals surface area contributed by atoms with Crippen LogP contribution < -0.4 is 5.32 Å². The molecule has 8 heteroatoms. The highest BCUT2D eigenvalue weighted by atomic mass is 19.1. The molecule has 0 bridgehead atoms. The third kappa shape index (κ3) is 3.09. The highest BCUT2D eigenvalue weighted by Gasteiger charge is 2.25. The van der Waals surface area contributed by atoms with Gasteiger partial charge in [-0.15, -0.1) is 0 Å². The number of amides is 1. The Labute approximate surface area is 158 Å². The van der Waals surface area contributed by atoms with Crippen LogP contribution >= 0.6 is 0 Å². The first-order valence-electron chi connectivity index (χ1n) is 8.67. The molecule has 0 fully saturated rings. The number of rotatable bonds is 5. The van der Waals surface area contributed by atoms with Crippen molar-refractivity contribution < 1.29 is 19.1 Å². The molecule has 4 rings (SSSR count). The lowest BCUT2D eigenvalue weighted by Gasteiger charge is -2.14. The summed E-state index contributed by atoms with van der Waals surface area (Å²) in [7, 11) is 0. The summed E-state index contributed by atoms with van der Waals surface area (Å²) in [5.74, 6) is -2.30. The average molecular weight is 380 g/mol. The van der Waals surface area contributed by atoms with E-state index in [0.29, 0.717) is 11.3 Å². The molecule has 3 aromatic heterocycles. The number of hydrogen-bond donors (Lipinski definition) is 3. The summed E-state index contributed by atoms with van der Waals surface area (Å²) < 4.78 is 14.9. The van der Waals surface area contributed by atoms with E-state index < -0.39 is 23.7 Å². The summed E-state index contributed by atoms with van der Waals surface area (Å²) in [5.41, 5.74) is 2.58. The molecular weight excluding hydrogens is 363 g/mol. The maximum atomic E-state index is 13.6. The number of nitrogens with one attached hydrogen (secondary N) is 2. The molecule has 0 spiro atoms. The Morgan fingerprint density at radius 2 is 2.07 bits per heavy atom. The Morgan fingerprint density at radius 1 is 1.29 bits per heavy atom. The second-order valence-corrected chi connectivity index (χ2v) is 6.55. The highest BCUT2D eigenvalue weighted by molar-refractivity contribution is 5.97. The molecule has 3 N–H and O–H groups in total. The molecule has 1 amide bonds. The van der Waals surface area contributed by atoms with E-state index in [4.69, 9.17) is 0 Å². The first kappa shape index (κ1) is 17.7. The lowest BCUT2D eigenvalue weighted by atomic mass is 10.0. The van der Waals surface area contributed by atoms with Gasteiger partial charge < -0.3 is 15.4 Å². The number of aliphatic carboxylic acids is 1. The van der Waals surface area contributed by atoms with Gasteiger partial charge in [0, 0.05) is 29.7 Å². The average Bonchev–Trinajstić information content (AvgIpc) is 3.21. The van der Waals surface area contributed by atoms with Gasteiger partial charge in [-0.25, -0.2) is 14.2 Å². The molecule has 1 atom stereocenters. The summed E-state index contributed by atoms with van der Waals surface area (Å²) in [6.45, 7) is 1.62. The SMILES string of the molecule is Cc1nc2ccc(F)cn2c1C(=O)NC(Cc1c[nH]c2ccccc12)C(=O)O. The largest absolute Gasteiger partial charge is 0.480 e. The molecule has 0 aliphatic carbocycles. The second-order valence-electron chi connectivity index (χ2n) is 6.55. The number of benzene rings is 1. The van der Waals surface area contributed by atoms with Crippen LogP contribution in [0.15, 0.2) is 48.8 Å².